The summed E-state index contributed by atoms with van der Waals surface area (Å²) in [5.41, 5.74) is -0.234. The van der Waals surface area contributed by atoms with Crippen LogP contribution < -0.4 is 5.69 Å². The first kappa shape index (κ1) is 14.4. The zero-order valence-corrected chi connectivity index (χ0v) is 12.9. The highest BCUT2D eigenvalue weighted by atomic mass is 35.5. The van der Waals surface area contributed by atoms with Crippen LogP contribution in [-0.2, 0) is 0 Å². The van der Waals surface area contributed by atoms with Crippen LogP contribution in [0.25, 0.3) is 0 Å². The highest BCUT2D eigenvalue weighted by Gasteiger charge is 2.14. The average Bonchev–Trinajstić information content (AvgIpc) is 2.69. The highest BCUT2D eigenvalue weighted by Crippen LogP contribution is 2.27. The molecular formula is C10H12ClN5OS2. The molecule has 2 aromatic heterocycles. The number of halogens is 1. The third-order valence-corrected chi connectivity index (χ3v) is 3.85. The normalized spacial score (nSPS) is 11.2. The molecule has 0 spiro atoms. The molecule has 9 heteroatoms. The Balaban J connectivity index is 2.36. The fourth-order valence-electron chi connectivity index (χ4n) is 1.43. The number of nitrogens with one attached hydrogen (secondary N) is 1. The van der Waals surface area contributed by atoms with E-state index >= 15 is 0 Å². The van der Waals surface area contributed by atoms with E-state index < -0.39 is 0 Å². The van der Waals surface area contributed by atoms with Gasteiger partial charge in [0.1, 0.15) is 10.2 Å². The third-order valence-electron chi connectivity index (χ3n) is 2.22. The summed E-state index contributed by atoms with van der Waals surface area (Å²) in [6.07, 6.45) is 1.87. The molecule has 1 N–H and O–H groups in total. The summed E-state index contributed by atoms with van der Waals surface area (Å²) >= 11 is 8.61. The van der Waals surface area contributed by atoms with Gasteiger partial charge < -0.3 is 0 Å². The molecule has 0 fully saturated rings. The van der Waals surface area contributed by atoms with Crippen LogP contribution >= 0.6 is 35.1 Å². The molecule has 0 unspecified atom stereocenters. The molecule has 0 aliphatic heterocycles. The van der Waals surface area contributed by atoms with E-state index in [2.05, 4.69) is 20.2 Å². The van der Waals surface area contributed by atoms with Crippen molar-refractivity contribution in [3.63, 3.8) is 0 Å². The molecule has 6 nitrogen and oxygen atoms in total. The Labute approximate surface area is 123 Å². The molecule has 0 saturated carbocycles. The number of rotatable bonds is 4. The molecule has 2 heterocycles. The summed E-state index contributed by atoms with van der Waals surface area (Å²) in [5, 5.41) is 8.61. The number of aromatic amines is 1. The Hall–Kier alpha value is -0.990. The van der Waals surface area contributed by atoms with Crippen molar-refractivity contribution in [3.05, 3.63) is 21.7 Å². The third kappa shape index (κ3) is 3.31. The molecule has 0 radical (unpaired) electrons. The van der Waals surface area contributed by atoms with Gasteiger partial charge in [0.15, 0.2) is 10.3 Å². The van der Waals surface area contributed by atoms with E-state index in [0.29, 0.717) is 20.5 Å². The lowest BCUT2D eigenvalue weighted by Crippen LogP contribution is -2.19. The zero-order valence-electron chi connectivity index (χ0n) is 10.5. The maximum absolute atomic E-state index is 11.6. The Kier molecular flexibility index (Phi) is 4.54. The second kappa shape index (κ2) is 5.98. The molecule has 0 aromatic carbocycles. The first-order chi connectivity index (χ1) is 9.01. The van der Waals surface area contributed by atoms with E-state index in [9.17, 15) is 4.79 Å². The Morgan fingerprint density at radius 1 is 1.42 bits per heavy atom. The van der Waals surface area contributed by atoms with Crippen LogP contribution in [0, 0.1) is 0 Å². The van der Waals surface area contributed by atoms with Crippen molar-refractivity contribution in [1.82, 2.24) is 24.7 Å². The van der Waals surface area contributed by atoms with Crippen molar-refractivity contribution >= 4 is 35.1 Å². The SMILES string of the molecule is CSc1nc(Cl)cc(Sc2n[nH]c(=O)n2C(C)C)n1. The van der Waals surface area contributed by atoms with Crippen molar-refractivity contribution < 1.29 is 0 Å². The second-order valence-corrected chi connectivity index (χ2v) is 6.04. The maximum Gasteiger partial charge on any atom is 0.344 e. The standard InChI is InChI=1S/C10H12ClN5OS2/c1-5(2)16-9(17)14-15-10(16)19-7-4-6(11)12-8(13-7)18-3/h4-5H,1-3H3,(H,14,17). The molecule has 0 amide bonds. The van der Waals surface area contributed by atoms with Crippen LogP contribution in [0.3, 0.4) is 0 Å². The monoisotopic (exact) mass is 317 g/mol. The van der Waals surface area contributed by atoms with Gasteiger partial charge >= 0.3 is 5.69 Å². The predicted octanol–water partition coefficient (Wildman–Crippen LogP) is 2.47. The van der Waals surface area contributed by atoms with Gasteiger partial charge in [-0.05, 0) is 31.9 Å². The largest absolute Gasteiger partial charge is 0.344 e. The molecule has 0 bridgehead atoms. The second-order valence-electron chi connectivity index (χ2n) is 3.89. The van der Waals surface area contributed by atoms with Crippen LogP contribution in [0.1, 0.15) is 19.9 Å². The first-order valence-corrected chi connectivity index (χ1v) is 7.86. The van der Waals surface area contributed by atoms with E-state index in [1.807, 2.05) is 20.1 Å². The number of hydrogen-bond donors (Lipinski definition) is 1. The first-order valence-electron chi connectivity index (χ1n) is 5.44. The molecule has 0 atom stereocenters. The van der Waals surface area contributed by atoms with Gasteiger partial charge in [-0.2, -0.15) is 0 Å². The van der Waals surface area contributed by atoms with Crippen LogP contribution in [0.4, 0.5) is 0 Å². The van der Waals surface area contributed by atoms with Crippen molar-refractivity contribution in [2.45, 2.75) is 35.2 Å². The molecule has 0 aliphatic carbocycles. The lowest BCUT2D eigenvalue weighted by Gasteiger charge is -2.08. The van der Waals surface area contributed by atoms with Gasteiger partial charge in [0.25, 0.3) is 0 Å². The van der Waals surface area contributed by atoms with Crippen LogP contribution in [0.15, 0.2) is 26.2 Å². The predicted molar refractivity (Wildman–Crippen MR) is 76.2 cm³/mol. The zero-order chi connectivity index (χ0) is 14.0. The molecule has 19 heavy (non-hydrogen) atoms. The Morgan fingerprint density at radius 2 is 2.16 bits per heavy atom. The average molecular weight is 318 g/mol. The lowest BCUT2D eigenvalue weighted by atomic mass is 10.4. The Morgan fingerprint density at radius 3 is 2.79 bits per heavy atom. The number of hydrogen-bond acceptors (Lipinski definition) is 6. The fourth-order valence-corrected chi connectivity index (χ4v) is 3.14. The summed E-state index contributed by atoms with van der Waals surface area (Å²) in [6, 6.07) is 1.67. The van der Waals surface area contributed by atoms with Crippen molar-refractivity contribution in [2.75, 3.05) is 6.26 Å². The van der Waals surface area contributed by atoms with E-state index in [-0.39, 0.29) is 11.7 Å². The van der Waals surface area contributed by atoms with Crippen LogP contribution in [-0.4, -0.2) is 31.0 Å². The van der Waals surface area contributed by atoms with Gasteiger partial charge in [0.2, 0.25) is 0 Å². The molecule has 102 valence electrons. The number of thioether (sulfide) groups is 1. The van der Waals surface area contributed by atoms with Crippen molar-refractivity contribution in [2.24, 2.45) is 0 Å². The van der Waals surface area contributed by atoms with Gasteiger partial charge in [-0.1, -0.05) is 23.4 Å². The summed E-state index contributed by atoms with van der Waals surface area (Å²) in [7, 11) is 0. The van der Waals surface area contributed by atoms with Gasteiger partial charge in [-0.25, -0.2) is 19.9 Å². The topological polar surface area (TPSA) is 76.5 Å². The highest BCUT2D eigenvalue weighted by molar-refractivity contribution is 7.99. The van der Waals surface area contributed by atoms with Gasteiger partial charge in [-0.3, -0.25) is 4.57 Å². The van der Waals surface area contributed by atoms with Gasteiger partial charge in [0, 0.05) is 12.1 Å². The summed E-state index contributed by atoms with van der Waals surface area (Å²) in [6.45, 7) is 3.84. The minimum Gasteiger partial charge on any atom is -0.267 e. The van der Waals surface area contributed by atoms with E-state index in [4.69, 9.17) is 11.6 Å². The molecule has 0 saturated heterocycles. The molecule has 0 aliphatic rings. The van der Waals surface area contributed by atoms with E-state index in [0.717, 1.165) is 0 Å². The molecule has 2 rings (SSSR count). The summed E-state index contributed by atoms with van der Waals surface area (Å²) in [4.78, 5) is 20.0. The van der Waals surface area contributed by atoms with E-state index in [1.54, 1.807) is 10.6 Å². The fraction of sp³-hybridized carbons (Fsp3) is 0.400. The van der Waals surface area contributed by atoms with Crippen molar-refractivity contribution in [3.8, 4) is 0 Å². The quantitative estimate of drug-likeness (QED) is 0.530. The Bertz CT molecular complexity index is 639. The number of H-pyrrole nitrogens is 1. The van der Waals surface area contributed by atoms with Crippen LogP contribution in [0.5, 0.6) is 0 Å². The molecule has 2 aromatic rings. The van der Waals surface area contributed by atoms with Crippen LogP contribution in [0.2, 0.25) is 5.15 Å². The number of nitrogens with zero attached hydrogens (tertiary/aromatic N) is 4. The number of aromatic nitrogens is 5. The van der Waals surface area contributed by atoms with Crippen molar-refractivity contribution in [1.29, 1.82) is 0 Å². The minimum absolute atomic E-state index is 0.0195. The van der Waals surface area contributed by atoms with Gasteiger partial charge in [0.05, 0.1) is 0 Å². The maximum atomic E-state index is 11.6. The van der Waals surface area contributed by atoms with Gasteiger partial charge in [-0.15, -0.1) is 5.10 Å². The lowest BCUT2D eigenvalue weighted by molar-refractivity contribution is 0.533. The van der Waals surface area contributed by atoms with E-state index in [1.165, 1.54) is 23.5 Å². The minimum atomic E-state index is -0.234. The summed E-state index contributed by atoms with van der Waals surface area (Å²) < 4.78 is 1.57. The smallest absolute Gasteiger partial charge is 0.267 e. The molecular weight excluding hydrogens is 306 g/mol. The summed E-state index contributed by atoms with van der Waals surface area (Å²) in [5.74, 6) is 0.